The number of hydrogen-bond donors (Lipinski definition) is 0. The number of benzene rings is 7. The second-order valence-electron chi connectivity index (χ2n) is 12.4. The average Bonchev–Trinajstić information content (AvgIpc) is 3.09. The fourth-order valence-corrected chi connectivity index (χ4v) is 6.65. The van der Waals surface area contributed by atoms with E-state index in [1.54, 1.807) is 0 Å². The van der Waals surface area contributed by atoms with Crippen LogP contribution in [0.5, 0.6) is 0 Å². The van der Waals surface area contributed by atoms with Crippen molar-refractivity contribution in [2.75, 3.05) is 0 Å². The molecule has 7 aromatic rings. The molecule has 0 atom stereocenters. The lowest BCUT2D eigenvalue weighted by Gasteiger charge is -2.15. The van der Waals surface area contributed by atoms with Gasteiger partial charge < -0.3 is 0 Å². The third-order valence-corrected chi connectivity index (χ3v) is 9.24. The molecule has 7 aromatic carbocycles. The summed E-state index contributed by atoms with van der Waals surface area (Å²) in [7, 11) is 0. The maximum atomic E-state index is 2.34. The molecule has 0 aromatic heterocycles. The molecule has 0 heteroatoms. The zero-order chi connectivity index (χ0) is 31.6. The maximum Gasteiger partial charge on any atom is -0.0154 e. The van der Waals surface area contributed by atoms with E-state index in [1.807, 2.05) is 0 Å². The van der Waals surface area contributed by atoms with Gasteiger partial charge in [-0.05, 0) is 153 Å². The Morgan fingerprint density at radius 1 is 0.217 bits per heavy atom. The minimum Gasteiger partial charge on any atom is -0.0620 e. The monoisotopic (exact) mass is 590 g/mol. The van der Waals surface area contributed by atoms with Crippen LogP contribution < -0.4 is 0 Å². The van der Waals surface area contributed by atoms with Gasteiger partial charge in [0.25, 0.3) is 0 Å². The Morgan fingerprint density at radius 2 is 0.435 bits per heavy atom. The van der Waals surface area contributed by atoms with Gasteiger partial charge in [0.15, 0.2) is 0 Å². The lowest BCUT2D eigenvalue weighted by molar-refractivity contribution is 1.44. The summed E-state index contributed by atoms with van der Waals surface area (Å²) in [5.74, 6) is 0. The maximum absolute atomic E-state index is 2.34. The molecule has 46 heavy (non-hydrogen) atoms. The molecule has 0 saturated carbocycles. The van der Waals surface area contributed by atoms with Crippen molar-refractivity contribution in [2.24, 2.45) is 0 Å². The standard InChI is InChI=1S/C46H38/c1-31-13-5-9-17-43(31)39-25-37(26-40(29-39)44-18-10-6-14-32(44)2)35-21-23-36(24-22-35)38-27-41(45-19-11-7-15-33(45)3)30-42(28-38)46-20-12-8-16-34(46)4/h5-30H,1-4H3. The number of aryl methyl sites for hydroxylation is 4. The Bertz CT molecular complexity index is 1890. The van der Waals surface area contributed by atoms with Gasteiger partial charge in [0.1, 0.15) is 0 Å². The minimum atomic E-state index is 1.21. The van der Waals surface area contributed by atoms with Gasteiger partial charge in [0.05, 0.1) is 0 Å². The smallest absolute Gasteiger partial charge is 0.0154 e. The van der Waals surface area contributed by atoms with Crippen molar-refractivity contribution in [3.05, 3.63) is 180 Å². The lowest BCUT2D eigenvalue weighted by atomic mass is 9.89. The topological polar surface area (TPSA) is 0 Å². The van der Waals surface area contributed by atoms with Crippen LogP contribution in [-0.4, -0.2) is 0 Å². The summed E-state index contributed by atoms with van der Waals surface area (Å²) in [5.41, 5.74) is 20.0. The largest absolute Gasteiger partial charge is 0.0620 e. The molecule has 0 aliphatic heterocycles. The molecule has 0 aliphatic carbocycles. The van der Waals surface area contributed by atoms with E-state index < -0.39 is 0 Å². The molecular weight excluding hydrogens is 553 g/mol. The van der Waals surface area contributed by atoms with Gasteiger partial charge in [0, 0.05) is 0 Å². The van der Waals surface area contributed by atoms with E-state index in [-0.39, 0.29) is 0 Å². The van der Waals surface area contributed by atoms with E-state index in [9.17, 15) is 0 Å². The first kappa shape index (κ1) is 29.3. The summed E-state index contributed by atoms with van der Waals surface area (Å²) in [4.78, 5) is 0. The molecule has 0 bridgehead atoms. The molecule has 7 rings (SSSR count). The van der Waals surface area contributed by atoms with Crippen molar-refractivity contribution in [1.29, 1.82) is 0 Å². The highest BCUT2D eigenvalue weighted by Gasteiger charge is 2.13. The highest BCUT2D eigenvalue weighted by atomic mass is 14.2. The lowest BCUT2D eigenvalue weighted by Crippen LogP contribution is -1.90. The van der Waals surface area contributed by atoms with Crippen LogP contribution in [-0.2, 0) is 0 Å². The summed E-state index contributed by atoms with van der Waals surface area (Å²) in [5, 5.41) is 0. The van der Waals surface area contributed by atoms with E-state index in [4.69, 9.17) is 0 Å². The number of rotatable bonds is 6. The molecular formula is C46H38. The average molecular weight is 591 g/mol. The van der Waals surface area contributed by atoms with Crippen LogP contribution in [0.2, 0.25) is 0 Å². The van der Waals surface area contributed by atoms with Gasteiger partial charge in [-0.3, -0.25) is 0 Å². The van der Waals surface area contributed by atoms with Crippen LogP contribution in [0.3, 0.4) is 0 Å². The van der Waals surface area contributed by atoms with Crippen LogP contribution in [0.4, 0.5) is 0 Å². The fraction of sp³-hybridized carbons (Fsp3) is 0.0870. The van der Waals surface area contributed by atoms with Crippen LogP contribution in [0.15, 0.2) is 158 Å². The third kappa shape index (κ3) is 5.83. The zero-order valence-corrected chi connectivity index (χ0v) is 27.0. The first-order valence-corrected chi connectivity index (χ1v) is 16.1. The van der Waals surface area contributed by atoms with Crippen LogP contribution in [0.25, 0.3) is 66.8 Å². The van der Waals surface area contributed by atoms with Crippen molar-refractivity contribution in [3.63, 3.8) is 0 Å². The molecule has 222 valence electrons. The Balaban J connectivity index is 1.34. The molecule has 0 amide bonds. The van der Waals surface area contributed by atoms with Gasteiger partial charge in [-0.25, -0.2) is 0 Å². The van der Waals surface area contributed by atoms with Crippen LogP contribution >= 0.6 is 0 Å². The first-order valence-electron chi connectivity index (χ1n) is 16.1. The quantitative estimate of drug-likeness (QED) is 0.181. The van der Waals surface area contributed by atoms with Crippen molar-refractivity contribution < 1.29 is 0 Å². The molecule has 0 unspecified atom stereocenters. The zero-order valence-electron chi connectivity index (χ0n) is 27.0. The summed E-state index contributed by atoms with van der Waals surface area (Å²) < 4.78 is 0. The fourth-order valence-electron chi connectivity index (χ4n) is 6.65. The first-order chi connectivity index (χ1) is 22.4. The Labute approximate surface area is 273 Å². The van der Waals surface area contributed by atoms with Crippen molar-refractivity contribution in [1.82, 2.24) is 0 Å². The van der Waals surface area contributed by atoms with Crippen LogP contribution in [0.1, 0.15) is 22.3 Å². The van der Waals surface area contributed by atoms with E-state index in [1.165, 1.54) is 89.0 Å². The molecule has 0 N–H and O–H groups in total. The van der Waals surface area contributed by atoms with Crippen molar-refractivity contribution >= 4 is 0 Å². The molecule has 0 heterocycles. The molecule has 0 saturated heterocycles. The minimum absolute atomic E-state index is 1.21. The molecule has 0 nitrogen and oxygen atoms in total. The number of hydrogen-bond acceptors (Lipinski definition) is 0. The Kier molecular flexibility index (Phi) is 7.95. The van der Waals surface area contributed by atoms with E-state index >= 15 is 0 Å². The molecule has 0 spiro atoms. The van der Waals surface area contributed by atoms with Crippen molar-refractivity contribution in [3.8, 4) is 66.8 Å². The third-order valence-electron chi connectivity index (χ3n) is 9.24. The second-order valence-corrected chi connectivity index (χ2v) is 12.4. The SMILES string of the molecule is Cc1ccccc1-c1cc(-c2ccc(-c3cc(-c4ccccc4C)cc(-c4ccccc4C)c3)cc2)cc(-c2ccccc2C)c1. The molecule has 0 radical (unpaired) electrons. The molecule has 0 aliphatic rings. The van der Waals surface area contributed by atoms with Gasteiger partial charge in [-0.2, -0.15) is 0 Å². The highest BCUT2D eigenvalue weighted by Crippen LogP contribution is 2.38. The van der Waals surface area contributed by atoms with E-state index in [0.29, 0.717) is 0 Å². The van der Waals surface area contributed by atoms with Gasteiger partial charge in [-0.1, -0.05) is 121 Å². The predicted molar refractivity (Wildman–Crippen MR) is 198 cm³/mol. The normalized spacial score (nSPS) is 11.0. The molecule has 0 fully saturated rings. The van der Waals surface area contributed by atoms with Gasteiger partial charge in [0.2, 0.25) is 0 Å². The Hall–Kier alpha value is -5.46. The summed E-state index contributed by atoms with van der Waals surface area (Å²) in [6.07, 6.45) is 0. The van der Waals surface area contributed by atoms with Gasteiger partial charge >= 0.3 is 0 Å². The van der Waals surface area contributed by atoms with Crippen molar-refractivity contribution in [2.45, 2.75) is 27.7 Å². The second kappa shape index (κ2) is 12.5. The highest BCUT2D eigenvalue weighted by molar-refractivity contribution is 5.86. The summed E-state index contributed by atoms with van der Waals surface area (Å²) in [6, 6.07) is 57.8. The Morgan fingerprint density at radius 3 is 0.674 bits per heavy atom. The van der Waals surface area contributed by atoms with Crippen LogP contribution in [0, 0.1) is 27.7 Å². The summed E-state index contributed by atoms with van der Waals surface area (Å²) >= 11 is 0. The predicted octanol–water partition coefficient (Wildman–Crippen LogP) is 12.9. The summed E-state index contributed by atoms with van der Waals surface area (Å²) in [6.45, 7) is 8.78. The van der Waals surface area contributed by atoms with E-state index in [2.05, 4.69) is 185 Å². The van der Waals surface area contributed by atoms with Gasteiger partial charge in [-0.15, -0.1) is 0 Å². The van der Waals surface area contributed by atoms with E-state index in [0.717, 1.165) is 0 Å².